The Hall–Kier alpha value is -1.52. The fraction of sp³-hybridized carbons (Fsp3) is 0.692. The molecule has 0 aromatic rings. The summed E-state index contributed by atoms with van der Waals surface area (Å²) in [6.07, 6.45) is 1.77. The smallest absolute Gasteiger partial charge is 0.407 e. The van der Waals surface area contributed by atoms with E-state index in [1.807, 2.05) is 13.8 Å². The van der Waals surface area contributed by atoms with Crippen LogP contribution in [0.4, 0.5) is 4.79 Å². The number of carbonyl (C=O) groups is 2. The normalized spacial score (nSPS) is 12.9. The van der Waals surface area contributed by atoms with Crippen LogP contribution in [0.25, 0.3) is 0 Å². The van der Waals surface area contributed by atoms with Gasteiger partial charge in [0.05, 0.1) is 6.61 Å². The summed E-state index contributed by atoms with van der Waals surface area (Å²) in [5, 5.41) is 11.3. The minimum absolute atomic E-state index is 0.198. The lowest BCUT2D eigenvalue weighted by atomic mass is 9.91. The van der Waals surface area contributed by atoms with Gasteiger partial charge in [-0.05, 0) is 12.3 Å². The highest BCUT2D eigenvalue weighted by atomic mass is 16.5. The van der Waals surface area contributed by atoms with Gasteiger partial charge >= 0.3 is 12.1 Å². The monoisotopic (exact) mass is 257 g/mol. The third kappa shape index (κ3) is 6.27. The highest BCUT2D eigenvalue weighted by Gasteiger charge is 2.25. The molecule has 0 aromatic heterocycles. The molecule has 1 amide bonds. The van der Waals surface area contributed by atoms with Crippen LogP contribution in [0.5, 0.6) is 0 Å². The summed E-state index contributed by atoms with van der Waals surface area (Å²) in [6.45, 7) is 11.2. The van der Waals surface area contributed by atoms with E-state index >= 15 is 0 Å². The minimum Gasteiger partial charge on any atom is -0.480 e. The Morgan fingerprint density at radius 1 is 1.44 bits per heavy atom. The molecular weight excluding hydrogens is 234 g/mol. The fourth-order valence-electron chi connectivity index (χ4n) is 1.39. The van der Waals surface area contributed by atoms with Gasteiger partial charge < -0.3 is 15.2 Å². The van der Waals surface area contributed by atoms with Gasteiger partial charge in [0.25, 0.3) is 0 Å². The van der Waals surface area contributed by atoms with Crippen molar-refractivity contribution >= 4 is 12.1 Å². The Bertz CT molecular complexity index is 310. The number of nitrogens with one attached hydrogen (secondary N) is 1. The van der Waals surface area contributed by atoms with Gasteiger partial charge in [0.15, 0.2) is 0 Å². The van der Waals surface area contributed by atoms with E-state index in [4.69, 9.17) is 9.84 Å². The van der Waals surface area contributed by atoms with Gasteiger partial charge in [0.2, 0.25) is 0 Å². The van der Waals surface area contributed by atoms with Gasteiger partial charge in [-0.25, -0.2) is 9.59 Å². The lowest BCUT2D eigenvalue weighted by molar-refractivity contribution is -0.140. The lowest BCUT2D eigenvalue weighted by Crippen LogP contribution is -2.45. The van der Waals surface area contributed by atoms with Crippen LogP contribution in [0.1, 0.15) is 34.1 Å². The number of hydrogen-bond donors (Lipinski definition) is 2. The number of aliphatic carboxylic acids is 1. The Labute approximate surface area is 108 Å². The standard InChI is InChI=1S/C13H23NO4/c1-6-7-13(4,5)8-18-12(17)14-10(9(2)3)11(15)16/h6,9-10H,1,7-8H2,2-5H3,(H,14,17)(H,15,16)/t10-/m0/s1. The van der Waals surface area contributed by atoms with Gasteiger partial charge in [-0.1, -0.05) is 33.8 Å². The first-order valence-corrected chi connectivity index (χ1v) is 5.96. The summed E-state index contributed by atoms with van der Waals surface area (Å²) in [5.41, 5.74) is -0.199. The van der Waals surface area contributed by atoms with Crippen LogP contribution in [-0.2, 0) is 9.53 Å². The van der Waals surface area contributed by atoms with E-state index in [0.29, 0.717) is 6.42 Å². The maximum Gasteiger partial charge on any atom is 0.407 e. The molecule has 0 aliphatic carbocycles. The maximum absolute atomic E-state index is 11.5. The molecule has 0 saturated heterocycles. The van der Waals surface area contributed by atoms with Crippen LogP contribution in [0, 0.1) is 11.3 Å². The number of hydrogen-bond acceptors (Lipinski definition) is 3. The summed E-state index contributed by atoms with van der Waals surface area (Å²) >= 11 is 0. The minimum atomic E-state index is -1.06. The van der Waals surface area contributed by atoms with Crippen molar-refractivity contribution < 1.29 is 19.4 Å². The number of alkyl carbamates (subject to hydrolysis) is 1. The van der Waals surface area contributed by atoms with Gasteiger partial charge in [-0.15, -0.1) is 6.58 Å². The molecule has 104 valence electrons. The Kier molecular flexibility index (Phi) is 6.44. The van der Waals surface area contributed by atoms with Crippen molar-refractivity contribution in [3.8, 4) is 0 Å². The van der Waals surface area contributed by atoms with Crippen LogP contribution in [0.3, 0.4) is 0 Å². The molecule has 0 fully saturated rings. The molecule has 0 bridgehead atoms. The number of carboxylic acid groups (broad SMARTS) is 1. The molecule has 0 rings (SSSR count). The van der Waals surface area contributed by atoms with E-state index in [0.717, 1.165) is 0 Å². The molecule has 5 nitrogen and oxygen atoms in total. The van der Waals surface area contributed by atoms with Crippen LogP contribution >= 0.6 is 0 Å². The quantitative estimate of drug-likeness (QED) is 0.687. The van der Waals surface area contributed by atoms with E-state index in [2.05, 4.69) is 11.9 Å². The first-order chi connectivity index (χ1) is 8.19. The molecule has 0 spiro atoms. The highest BCUT2D eigenvalue weighted by Crippen LogP contribution is 2.20. The van der Waals surface area contributed by atoms with Gasteiger partial charge in [0.1, 0.15) is 6.04 Å². The number of allylic oxidation sites excluding steroid dienone is 1. The summed E-state index contributed by atoms with van der Waals surface area (Å²) in [5.74, 6) is -1.26. The van der Waals surface area contributed by atoms with Crippen LogP contribution in [-0.4, -0.2) is 29.8 Å². The zero-order valence-corrected chi connectivity index (χ0v) is 11.5. The number of carbonyl (C=O) groups excluding carboxylic acids is 1. The van der Waals surface area contributed by atoms with Crippen molar-refractivity contribution in [2.45, 2.75) is 40.2 Å². The Morgan fingerprint density at radius 2 is 2.00 bits per heavy atom. The molecule has 0 radical (unpaired) electrons. The second kappa shape index (κ2) is 7.03. The molecule has 0 heterocycles. The van der Waals surface area contributed by atoms with Crippen molar-refractivity contribution in [3.63, 3.8) is 0 Å². The summed E-state index contributed by atoms with van der Waals surface area (Å²) in [6, 6.07) is -0.931. The number of carboxylic acids is 1. The van der Waals surface area contributed by atoms with Crippen molar-refractivity contribution in [2.75, 3.05) is 6.61 Å². The fourth-order valence-corrected chi connectivity index (χ4v) is 1.39. The highest BCUT2D eigenvalue weighted by molar-refractivity contribution is 5.80. The van der Waals surface area contributed by atoms with Crippen molar-refractivity contribution in [1.82, 2.24) is 5.32 Å². The lowest BCUT2D eigenvalue weighted by Gasteiger charge is -2.23. The molecule has 0 aliphatic rings. The van der Waals surface area contributed by atoms with Gasteiger partial charge in [0, 0.05) is 5.41 Å². The molecular formula is C13H23NO4. The predicted molar refractivity (Wildman–Crippen MR) is 69.3 cm³/mol. The Morgan fingerprint density at radius 3 is 2.39 bits per heavy atom. The van der Waals surface area contributed by atoms with Crippen molar-refractivity contribution in [3.05, 3.63) is 12.7 Å². The van der Waals surface area contributed by atoms with E-state index < -0.39 is 18.1 Å². The van der Waals surface area contributed by atoms with E-state index in [1.54, 1.807) is 19.9 Å². The second-order valence-electron chi connectivity index (χ2n) is 5.44. The average Bonchev–Trinajstić information content (AvgIpc) is 2.22. The summed E-state index contributed by atoms with van der Waals surface area (Å²) in [4.78, 5) is 22.4. The molecule has 0 aromatic carbocycles. The molecule has 0 aliphatic heterocycles. The summed E-state index contributed by atoms with van der Waals surface area (Å²) in [7, 11) is 0. The molecule has 2 N–H and O–H groups in total. The van der Waals surface area contributed by atoms with E-state index in [9.17, 15) is 9.59 Å². The van der Waals surface area contributed by atoms with E-state index in [-0.39, 0.29) is 17.9 Å². The molecule has 0 saturated carbocycles. The molecule has 18 heavy (non-hydrogen) atoms. The van der Waals surface area contributed by atoms with Crippen LogP contribution in [0.15, 0.2) is 12.7 Å². The van der Waals surface area contributed by atoms with Crippen molar-refractivity contribution in [1.29, 1.82) is 0 Å². The van der Waals surface area contributed by atoms with Crippen molar-refractivity contribution in [2.24, 2.45) is 11.3 Å². The Balaban J connectivity index is 4.26. The largest absolute Gasteiger partial charge is 0.480 e. The zero-order chi connectivity index (χ0) is 14.3. The molecule has 1 atom stereocenters. The zero-order valence-electron chi connectivity index (χ0n) is 11.5. The van der Waals surface area contributed by atoms with Crippen LogP contribution in [0.2, 0.25) is 0 Å². The predicted octanol–water partition coefficient (Wildman–Crippen LogP) is 2.42. The van der Waals surface area contributed by atoms with Crippen LogP contribution < -0.4 is 5.32 Å². The maximum atomic E-state index is 11.5. The second-order valence-corrected chi connectivity index (χ2v) is 5.44. The van der Waals surface area contributed by atoms with Gasteiger partial charge in [-0.3, -0.25) is 0 Å². The summed E-state index contributed by atoms with van der Waals surface area (Å²) < 4.78 is 5.03. The number of rotatable bonds is 7. The number of amides is 1. The third-order valence-electron chi connectivity index (χ3n) is 2.50. The SMILES string of the molecule is C=CCC(C)(C)COC(=O)N[C@H](C(=O)O)C(C)C. The first-order valence-electron chi connectivity index (χ1n) is 5.96. The van der Waals surface area contributed by atoms with E-state index in [1.165, 1.54) is 0 Å². The molecule has 5 heteroatoms. The molecule has 0 unspecified atom stereocenters. The third-order valence-corrected chi connectivity index (χ3v) is 2.50. The number of ether oxygens (including phenoxy) is 1. The van der Waals surface area contributed by atoms with Gasteiger partial charge in [-0.2, -0.15) is 0 Å². The topological polar surface area (TPSA) is 75.6 Å². The first kappa shape index (κ1) is 16.5. The average molecular weight is 257 g/mol.